The summed E-state index contributed by atoms with van der Waals surface area (Å²) in [5.74, 6) is -2.18. The minimum Gasteiger partial charge on any atom is -0.460 e. The van der Waals surface area contributed by atoms with Crippen molar-refractivity contribution in [2.24, 2.45) is 0 Å². The Bertz CT molecular complexity index is 1210. The SMILES string of the molecule is C=CCOC(=O)C(CCC(C)=O)NC(=O)C(CC)NC(=O)CNC(=O)OCC1c2ccccc2-c2ccccc21. The van der Waals surface area contributed by atoms with Gasteiger partial charge in [0.1, 0.15) is 37.6 Å². The van der Waals surface area contributed by atoms with Gasteiger partial charge in [0.15, 0.2) is 0 Å². The fraction of sp³-hybridized carbons (Fsp3) is 0.367. The Morgan fingerprint density at radius 3 is 2.12 bits per heavy atom. The van der Waals surface area contributed by atoms with Crippen molar-refractivity contribution in [3.63, 3.8) is 0 Å². The smallest absolute Gasteiger partial charge is 0.407 e. The highest BCUT2D eigenvalue weighted by molar-refractivity contribution is 5.92. The third kappa shape index (κ3) is 8.02. The van der Waals surface area contributed by atoms with Crippen LogP contribution in [0, 0.1) is 0 Å². The molecule has 10 nitrogen and oxygen atoms in total. The van der Waals surface area contributed by atoms with Crippen LogP contribution in [0.4, 0.5) is 4.79 Å². The molecule has 0 saturated heterocycles. The molecule has 0 radical (unpaired) electrons. The van der Waals surface area contributed by atoms with Crippen molar-refractivity contribution in [3.8, 4) is 11.1 Å². The molecule has 10 heteroatoms. The number of ketones is 1. The normalized spacial score (nSPS) is 13.2. The molecular formula is C30H35N3O7. The van der Waals surface area contributed by atoms with Gasteiger partial charge in [-0.05, 0) is 42.0 Å². The number of fused-ring (bicyclic) bond motifs is 3. The number of nitrogens with one attached hydrogen (secondary N) is 3. The predicted octanol–water partition coefficient (Wildman–Crippen LogP) is 3.00. The molecule has 212 valence electrons. The summed E-state index contributed by atoms with van der Waals surface area (Å²) in [5.41, 5.74) is 4.35. The number of alkyl carbamates (subject to hydrolysis) is 1. The highest BCUT2D eigenvalue weighted by Gasteiger charge is 2.30. The van der Waals surface area contributed by atoms with Crippen molar-refractivity contribution < 1.29 is 33.4 Å². The first-order chi connectivity index (χ1) is 19.2. The number of rotatable bonds is 14. The summed E-state index contributed by atoms with van der Waals surface area (Å²) in [4.78, 5) is 61.3. The van der Waals surface area contributed by atoms with E-state index in [9.17, 15) is 24.0 Å². The molecule has 3 rings (SSSR count). The highest BCUT2D eigenvalue weighted by atomic mass is 16.5. The van der Waals surface area contributed by atoms with Crippen LogP contribution in [0.2, 0.25) is 0 Å². The van der Waals surface area contributed by atoms with Crippen LogP contribution in [0.1, 0.15) is 50.2 Å². The molecule has 2 aromatic carbocycles. The lowest BCUT2D eigenvalue weighted by Gasteiger charge is -2.21. The molecule has 0 heterocycles. The maximum atomic E-state index is 12.8. The number of carbonyl (C=O) groups excluding carboxylic acids is 5. The largest absolute Gasteiger partial charge is 0.460 e. The quantitative estimate of drug-likeness (QED) is 0.243. The predicted molar refractivity (Wildman–Crippen MR) is 148 cm³/mol. The molecule has 1 aliphatic rings. The van der Waals surface area contributed by atoms with Crippen LogP contribution in [-0.2, 0) is 28.7 Å². The summed E-state index contributed by atoms with van der Waals surface area (Å²) in [6, 6.07) is 13.9. The first-order valence-electron chi connectivity index (χ1n) is 13.2. The van der Waals surface area contributed by atoms with Crippen LogP contribution in [0.3, 0.4) is 0 Å². The second-order valence-corrected chi connectivity index (χ2v) is 9.43. The fourth-order valence-corrected chi connectivity index (χ4v) is 4.51. The van der Waals surface area contributed by atoms with E-state index in [4.69, 9.17) is 9.47 Å². The monoisotopic (exact) mass is 549 g/mol. The number of benzene rings is 2. The molecule has 2 aromatic rings. The van der Waals surface area contributed by atoms with E-state index in [0.29, 0.717) is 0 Å². The van der Waals surface area contributed by atoms with Gasteiger partial charge in [-0.15, -0.1) is 0 Å². The summed E-state index contributed by atoms with van der Waals surface area (Å²) < 4.78 is 10.4. The van der Waals surface area contributed by atoms with Crippen LogP contribution in [0.25, 0.3) is 11.1 Å². The number of Topliss-reactive ketones (excluding diaryl/α,β-unsaturated/α-hetero) is 1. The average Bonchev–Trinajstić information content (AvgIpc) is 3.27. The van der Waals surface area contributed by atoms with E-state index < -0.39 is 42.5 Å². The topological polar surface area (TPSA) is 140 Å². The van der Waals surface area contributed by atoms with E-state index in [1.165, 1.54) is 13.0 Å². The van der Waals surface area contributed by atoms with E-state index >= 15 is 0 Å². The van der Waals surface area contributed by atoms with Gasteiger partial charge in [-0.25, -0.2) is 9.59 Å². The molecule has 0 aromatic heterocycles. The standard InChI is InChI=1S/C30H35N3O7/c1-4-16-39-29(37)26(15-14-19(3)34)33-28(36)25(5-2)32-27(35)17-31-30(38)40-18-24-22-12-8-6-10-20(22)21-11-7-9-13-23(21)24/h4,6-13,24-26H,1,5,14-18H2,2-3H3,(H,31,38)(H,32,35)(H,33,36). The van der Waals surface area contributed by atoms with Crippen molar-refractivity contribution in [3.05, 3.63) is 72.3 Å². The Balaban J connectivity index is 1.49. The van der Waals surface area contributed by atoms with E-state index in [1.54, 1.807) is 6.92 Å². The molecule has 1 aliphatic carbocycles. The Morgan fingerprint density at radius 1 is 0.925 bits per heavy atom. The lowest BCUT2D eigenvalue weighted by atomic mass is 9.98. The van der Waals surface area contributed by atoms with E-state index in [1.807, 2.05) is 48.5 Å². The van der Waals surface area contributed by atoms with E-state index in [0.717, 1.165) is 22.3 Å². The third-order valence-electron chi connectivity index (χ3n) is 6.53. The van der Waals surface area contributed by atoms with Gasteiger partial charge in [0, 0.05) is 12.3 Å². The van der Waals surface area contributed by atoms with E-state index in [-0.39, 0.29) is 44.2 Å². The van der Waals surface area contributed by atoms with Crippen molar-refractivity contribution in [1.29, 1.82) is 0 Å². The fourth-order valence-electron chi connectivity index (χ4n) is 4.51. The second-order valence-electron chi connectivity index (χ2n) is 9.43. The van der Waals surface area contributed by atoms with Gasteiger partial charge in [0.2, 0.25) is 11.8 Å². The third-order valence-corrected chi connectivity index (χ3v) is 6.53. The Morgan fingerprint density at radius 2 is 1.55 bits per heavy atom. The Hall–Kier alpha value is -4.47. The molecule has 0 aliphatic heterocycles. The van der Waals surface area contributed by atoms with Crippen molar-refractivity contribution in [2.75, 3.05) is 19.8 Å². The lowest BCUT2D eigenvalue weighted by molar-refractivity contribution is -0.147. The molecule has 3 N–H and O–H groups in total. The first-order valence-corrected chi connectivity index (χ1v) is 13.2. The second kappa shape index (κ2) is 14.6. The van der Waals surface area contributed by atoms with Gasteiger partial charge in [0.05, 0.1) is 0 Å². The number of hydrogen-bond acceptors (Lipinski definition) is 7. The van der Waals surface area contributed by atoms with Crippen LogP contribution in [0.5, 0.6) is 0 Å². The zero-order valence-electron chi connectivity index (χ0n) is 22.7. The van der Waals surface area contributed by atoms with Gasteiger partial charge in [-0.2, -0.15) is 0 Å². The summed E-state index contributed by atoms with van der Waals surface area (Å²) >= 11 is 0. The highest BCUT2D eigenvalue weighted by Crippen LogP contribution is 2.44. The molecule has 0 fully saturated rings. The van der Waals surface area contributed by atoms with Gasteiger partial charge in [0.25, 0.3) is 0 Å². The lowest BCUT2D eigenvalue weighted by Crippen LogP contribution is -2.53. The Kier molecular flexibility index (Phi) is 11.0. The molecule has 3 amide bonds. The molecule has 40 heavy (non-hydrogen) atoms. The van der Waals surface area contributed by atoms with Gasteiger partial charge in [-0.1, -0.05) is 68.1 Å². The van der Waals surface area contributed by atoms with Crippen molar-refractivity contribution in [2.45, 2.75) is 51.1 Å². The summed E-state index contributed by atoms with van der Waals surface area (Å²) in [6.45, 7) is 6.20. The molecule has 0 bridgehead atoms. The van der Waals surface area contributed by atoms with Crippen LogP contribution >= 0.6 is 0 Å². The summed E-state index contributed by atoms with van der Waals surface area (Å²) in [5, 5.41) is 7.50. The maximum absolute atomic E-state index is 12.8. The zero-order chi connectivity index (χ0) is 29.1. The number of esters is 1. The molecule has 2 atom stereocenters. The average molecular weight is 550 g/mol. The first kappa shape index (κ1) is 30.1. The molecule has 2 unspecified atom stereocenters. The summed E-state index contributed by atoms with van der Waals surface area (Å²) in [7, 11) is 0. The number of ether oxygens (including phenoxy) is 2. The minimum absolute atomic E-state index is 0.0409. The molecular weight excluding hydrogens is 514 g/mol. The number of carbonyl (C=O) groups is 5. The zero-order valence-corrected chi connectivity index (χ0v) is 22.7. The Labute approximate surface area is 233 Å². The van der Waals surface area contributed by atoms with Crippen LogP contribution in [0.15, 0.2) is 61.2 Å². The summed E-state index contributed by atoms with van der Waals surface area (Å²) in [6.07, 6.45) is 0.986. The van der Waals surface area contributed by atoms with Gasteiger partial charge < -0.3 is 30.2 Å². The van der Waals surface area contributed by atoms with E-state index in [2.05, 4.69) is 22.5 Å². The van der Waals surface area contributed by atoms with Gasteiger partial charge >= 0.3 is 12.1 Å². The van der Waals surface area contributed by atoms with Crippen molar-refractivity contribution >= 4 is 29.7 Å². The molecule has 0 saturated carbocycles. The van der Waals surface area contributed by atoms with Gasteiger partial charge in [-0.3, -0.25) is 9.59 Å². The van der Waals surface area contributed by atoms with Crippen molar-refractivity contribution in [1.82, 2.24) is 16.0 Å². The number of hydrogen-bond donors (Lipinski definition) is 3. The molecule has 0 spiro atoms. The maximum Gasteiger partial charge on any atom is 0.407 e. The van der Waals surface area contributed by atoms with Crippen LogP contribution < -0.4 is 16.0 Å². The minimum atomic E-state index is -1.05. The number of amides is 3. The van der Waals surface area contributed by atoms with Crippen LogP contribution in [-0.4, -0.2) is 61.5 Å².